The molecular formula is C19H32N2O3. The molecule has 2 bridgehead atoms. The van der Waals surface area contributed by atoms with Gasteiger partial charge in [0.25, 0.3) is 0 Å². The van der Waals surface area contributed by atoms with Crippen LogP contribution in [0.3, 0.4) is 0 Å². The van der Waals surface area contributed by atoms with Crippen molar-refractivity contribution < 1.29 is 14.3 Å². The van der Waals surface area contributed by atoms with Gasteiger partial charge in [-0.05, 0) is 72.4 Å². The van der Waals surface area contributed by atoms with Gasteiger partial charge in [-0.25, -0.2) is 4.79 Å². The van der Waals surface area contributed by atoms with E-state index >= 15 is 0 Å². The maximum atomic E-state index is 12.4. The molecule has 5 nitrogen and oxygen atoms in total. The summed E-state index contributed by atoms with van der Waals surface area (Å²) in [6.07, 6.45) is 14.9. The van der Waals surface area contributed by atoms with Gasteiger partial charge in [0.2, 0.25) is 0 Å². The number of terminal acetylenes is 1. The molecular weight excluding hydrogens is 304 g/mol. The molecule has 0 aliphatic carbocycles. The number of hydrogen-bond donors (Lipinski definition) is 1. The molecule has 0 aromatic carbocycles. The summed E-state index contributed by atoms with van der Waals surface area (Å²) in [6, 6.07) is 0.612. The van der Waals surface area contributed by atoms with E-state index in [1.165, 1.54) is 0 Å². The van der Waals surface area contributed by atoms with Crippen LogP contribution in [0.1, 0.15) is 59.3 Å². The fourth-order valence-electron chi connectivity index (χ4n) is 4.05. The predicted molar refractivity (Wildman–Crippen MR) is 94.8 cm³/mol. The lowest BCUT2D eigenvalue weighted by molar-refractivity contribution is -0.0716. The van der Waals surface area contributed by atoms with Gasteiger partial charge in [0.1, 0.15) is 5.60 Å². The van der Waals surface area contributed by atoms with Gasteiger partial charge in [0.05, 0.1) is 12.2 Å². The highest BCUT2D eigenvalue weighted by Gasteiger charge is 2.45. The van der Waals surface area contributed by atoms with E-state index in [0.29, 0.717) is 24.3 Å². The van der Waals surface area contributed by atoms with Crippen molar-refractivity contribution in [2.45, 2.75) is 89.2 Å². The van der Waals surface area contributed by atoms with Crippen molar-refractivity contribution in [2.75, 3.05) is 13.1 Å². The first-order chi connectivity index (χ1) is 11.4. The Morgan fingerprint density at radius 2 is 1.54 bits per heavy atom. The molecule has 24 heavy (non-hydrogen) atoms. The van der Waals surface area contributed by atoms with E-state index < -0.39 is 5.60 Å². The van der Waals surface area contributed by atoms with Gasteiger partial charge >= 0.3 is 6.09 Å². The van der Waals surface area contributed by atoms with E-state index in [9.17, 15) is 4.79 Å². The number of fused-ring (bicyclic) bond motifs is 2. The van der Waals surface area contributed by atoms with Gasteiger partial charge in [-0.1, -0.05) is 0 Å². The van der Waals surface area contributed by atoms with Crippen molar-refractivity contribution in [3.63, 3.8) is 0 Å². The number of rotatable bonds is 2. The van der Waals surface area contributed by atoms with E-state index in [0.717, 1.165) is 51.6 Å². The van der Waals surface area contributed by atoms with Gasteiger partial charge in [0, 0.05) is 12.1 Å². The summed E-state index contributed by atoms with van der Waals surface area (Å²) in [5, 5.41) is 3.38. The highest BCUT2D eigenvalue weighted by molar-refractivity contribution is 5.69. The number of nitrogens with one attached hydrogen (secondary N) is 1. The number of nitrogens with zero attached hydrogens (tertiary/aromatic N) is 1. The Balaban J connectivity index is 0.00000100. The molecule has 2 unspecified atom stereocenters. The van der Waals surface area contributed by atoms with E-state index in [4.69, 9.17) is 9.47 Å². The molecule has 1 N–H and O–H groups in total. The third-order valence-corrected chi connectivity index (χ3v) is 4.97. The van der Waals surface area contributed by atoms with Crippen LogP contribution in [-0.2, 0) is 9.47 Å². The average molecular weight is 336 g/mol. The van der Waals surface area contributed by atoms with Gasteiger partial charge in [-0.3, -0.25) is 0 Å². The Bertz CT molecular complexity index is 424. The van der Waals surface area contributed by atoms with Crippen molar-refractivity contribution in [3.8, 4) is 12.8 Å². The van der Waals surface area contributed by atoms with Crippen LogP contribution in [0.2, 0.25) is 0 Å². The minimum Gasteiger partial charge on any atom is -0.444 e. The van der Waals surface area contributed by atoms with Crippen molar-refractivity contribution in [3.05, 3.63) is 0 Å². The normalized spacial score (nSPS) is 30.4. The minimum absolute atomic E-state index is 0.139. The Hall–Kier alpha value is -1.25. The maximum absolute atomic E-state index is 12.4. The van der Waals surface area contributed by atoms with Crippen molar-refractivity contribution in [2.24, 2.45) is 0 Å². The molecule has 3 aliphatic rings. The SMILES string of the molecule is C#C.CC(C)(C)OC(=O)N1C2CCC1CC(OC1CCNCC1)C2. The molecule has 3 aliphatic heterocycles. The number of ether oxygens (including phenoxy) is 2. The zero-order valence-corrected chi connectivity index (χ0v) is 15.3. The van der Waals surface area contributed by atoms with Crippen LogP contribution in [0.5, 0.6) is 0 Å². The number of amides is 1. The molecule has 0 spiro atoms. The number of piperidine rings is 2. The first kappa shape index (κ1) is 19.1. The zero-order chi connectivity index (χ0) is 17.7. The van der Waals surface area contributed by atoms with Crippen LogP contribution in [0.25, 0.3) is 0 Å². The summed E-state index contributed by atoms with van der Waals surface area (Å²) in [7, 11) is 0. The summed E-state index contributed by atoms with van der Waals surface area (Å²) >= 11 is 0. The third kappa shape index (κ3) is 4.87. The van der Waals surface area contributed by atoms with Gasteiger partial charge in [-0.15, -0.1) is 12.8 Å². The average Bonchev–Trinajstić information content (AvgIpc) is 2.80. The second kappa shape index (κ2) is 8.22. The fourth-order valence-corrected chi connectivity index (χ4v) is 4.05. The van der Waals surface area contributed by atoms with E-state index in [1.54, 1.807) is 0 Å². The lowest BCUT2D eigenvalue weighted by Gasteiger charge is -2.40. The van der Waals surface area contributed by atoms with Crippen molar-refractivity contribution in [1.29, 1.82) is 0 Å². The molecule has 3 heterocycles. The monoisotopic (exact) mass is 336 g/mol. The van der Waals surface area contributed by atoms with Crippen LogP contribution in [0, 0.1) is 12.8 Å². The molecule has 0 saturated carbocycles. The Morgan fingerprint density at radius 1 is 1.00 bits per heavy atom. The molecule has 0 aromatic rings. The topological polar surface area (TPSA) is 50.8 Å². The number of hydrogen-bond acceptors (Lipinski definition) is 4. The number of carbonyl (C=O) groups is 1. The fraction of sp³-hybridized carbons (Fsp3) is 0.842. The Morgan fingerprint density at radius 3 is 2.04 bits per heavy atom. The quantitative estimate of drug-likeness (QED) is 0.788. The molecule has 1 amide bonds. The Labute approximate surface area is 146 Å². The zero-order valence-electron chi connectivity index (χ0n) is 15.3. The minimum atomic E-state index is -0.418. The van der Waals surface area contributed by atoms with Crippen LogP contribution < -0.4 is 5.32 Å². The molecule has 136 valence electrons. The summed E-state index contributed by atoms with van der Waals surface area (Å²) in [6.45, 7) is 7.92. The summed E-state index contributed by atoms with van der Waals surface area (Å²) in [5.41, 5.74) is -0.418. The summed E-state index contributed by atoms with van der Waals surface area (Å²) < 4.78 is 11.9. The van der Waals surface area contributed by atoms with Gasteiger partial charge in [-0.2, -0.15) is 0 Å². The summed E-state index contributed by atoms with van der Waals surface area (Å²) in [5.74, 6) is 0. The molecule has 3 saturated heterocycles. The first-order valence-electron chi connectivity index (χ1n) is 9.13. The van der Waals surface area contributed by atoms with Gasteiger partial charge < -0.3 is 19.7 Å². The highest BCUT2D eigenvalue weighted by atomic mass is 16.6. The molecule has 3 rings (SSSR count). The van der Waals surface area contributed by atoms with Crippen molar-refractivity contribution >= 4 is 6.09 Å². The number of carbonyl (C=O) groups excluding carboxylic acids is 1. The molecule has 2 atom stereocenters. The van der Waals surface area contributed by atoms with E-state index in [1.807, 2.05) is 25.7 Å². The second-order valence-electron chi connectivity index (χ2n) is 7.95. The lowest BCUT2D eigenvalue weighted by atomic mass is 9.99. The maximum Gasteiger partial charge on any atom is 0.410 e. The van der Waals surface area contributed by atoms with Crippen LogP contribution in [0.4, 0.5) is 4.79 Å². The highest BCUT2D eigenvalue weighted by Crippen LogP contribution is 2.38. The third-order valence-electron chi connectivity index (χ3n) is 4.97. The second-order valence-corrected chi connectivity index (χ2v) is 7.95. The molecule has 5 heteroatoms. The predicted octanol–water partition coefficient (Wildman–Crippen LogP) is 2.93. The van der Waals surface area contributed by atoms with Crippen LogP contribution >= 0.6 is 0 Å². The largest absolute Gasteiger partial charge is 0.444 e. The Kier molecular flexibility index (Phi) is 6.54. The smallest absolute Gasteiger partial charge is 0.410 e. The van der Waals surface area contributed by atoms with Crippen LogP contribution in [0.15, 0.2) is 0 Å². The molecule has 0 radical (unpaired) electrons. The standard InChI is InChI=1S/C17H30N2O3.C2H2/c1-17(2,3)22-16(20)19-12-4-5-13(19)11-15(10-12)21-14-6-8-18-9-7-14;1-2/h12-15,18H,4-11H2,1-3H3;1-2H. The van der Waals surface area contributed by atoms with E-state index in [-0.39, 0.29) is 6.09 Å². The van der Waals surface area contributed by atoms with Crippen molar-refractivity contribution in [1.82, 2.24) is 10.2 Å². The van der Waals surface area contributed by atoms with E-state index in [2.05, 4.69) is 18.2 Å². The summed E-state index contributed by atoms with van der Waals surface area (Å²) in [4.78, 5) is 14.4. The van der Waals surface area contributed by atoms with Gasteiger partial charge in [0.15, 0.2) is 0 Å². The molecule has 0 aromatic heterocycles. The molecule has 3 fully saturated rings. The van der Waals surface area contributed by atoms with Crippen LogP contribution in [-0.4, -0.2) is 54.0 Å². The lowest BCUT2D eigenvalue weighted by Crippen LogP contribution is -2.51. The first-order valence-corrected chi connectivity index (χ1v) is 9.13.